The number of benzene rings is 1. The molecule has 0 aliphatic carbocycles. The number of ether oxygens (including phenoxy) is 1. The fourth-order valence-corrected chi connectivity index (χ4v) is 4.84. The van der Waals surface area contributed by atoms with Gasteiger partial charge in [0.2, 0.25) is 10.0 Å². The zero-order valence-electron chi connectivity index (χ0n) is 14.3. The minimum atomic E-state index is -3.96. The second-order valence-electron chi connectivity index (χ2n) is 5.69. The lowest BCUT2D eigenvalue weighted by Crippen LogP contribution is -2.46. The van der Waals surface area contributed by atoms with Gasteiger partial charge < -0.3 is 10.1 Å². The fourth-order valence-electron chi connectivity index (χ4n) is 2.93. The van der Waals surface area contributed by atoms with E-state index < -0.39 is 20.6 Å². The molecular weight excluding hydrogens is 370 g/mol. The van der Waals surface area contributed by atoms with Crippen molar-refractivity contribution < 1.29 is 18.1 Å². The standard InChI is InChI=1S/C15H23N3O5S.ClH/c1-3-10-17(12-6-8-16-9-7-12)24(21,22)15-5-4-13(23-2)11-14(15)18(19)20;/h4-5,11-12,16H,3,6-10H2,1-2H3;1H. The molecule has 0 spiro atoms. The van der Waals surface area contributed by atoms with Gasteiger partial charge in [0.1, 0.15) is 5.75 Å². The minimum absolute atomic E-state index is 0. The molecule has 1 aromatic carbocycles. The molecule has 25 heavy (non-hydrogen) atoms. The van der Waals surface area contributed by atoms with Crippen LogP contribution in [0.5, 0.6) is 5.75 Å². The summed E-state index contributed by atoms with van der Waals surface area (Å²) in [6, 6.07) is 3.71. The monoisotopic (exact) mass is 393 g/mol. The summed E-state index contributed by atoms with van der Waals surface area (Å²) in [5, 5.41) is 14.6. The Morgan fingerprint density at radius 3 is 2.52 bits per heavy atom. The summed E-state index contributed by atoms with van der Waals surface area (Å²) in [6.07, 6.45) is 2.04. The summed E-state index contributed by atoms with van der Waals surface area (Å²) in [5.41, 5.74) is -0.454. The van der Waals surface area contributed by atoms with E-state index in [0.29, 0.717) is 25.8 Å². The molecule has 1 N–H and O–H groups in total. The van der Waals surface area contributed by atoms with E-state index in [2.05, 4.69) is 5.32 Å². The maximum Gasteiger partial charge on any atom is 0.293 e. The van der Waals surface area contributed by atoms with E-state index in [1.807, 2.05) is 6.92 Å². The second-order valence-corrected chi connectivity index (χ2v) is 7.55. The lowest BCUT2D eigenvalue weighted by Gasteiger charge is -2.33. The molecule has 0 aromatic heterocycles. The van der Waals surface area contributed by atoms with Gasteiger partial charge in [0, 0.05) is 12.6 Å². The van der Waals surface area contributed by atoms with Crippen LogP contribution in [0.25, 0.3) is 0 Å². The topological polar surface area (TPSA) is 102 Å². The number of piperidine rings is 1. The maximum atomic E-state index is 13.1. The Kier molecular flexibility index (Phi) is 8.07. The van der Waals surface area contributed by atoms with E-state index in [1.165, 1.54) is 23.5 Å². The van der Waals surface area contributed by atoms with Crippen LogP contribution < -0.4 is 10.1 Å². The van der Waals surface area contributed by atoms with Gasteiger partial charge in [-0.15, -0.1) is 12.4 Å². The van der Waals surface area contributed by atoms with Crippen molar-refractivity contribution >= 4 is 28.1 Å². The Bertz CT molecular complexity index is 692. The Hall–Kier alpha value is -1.42. The number of hydrogen-bond acceptors (Lipinski definition) is 6. The van der Waals surface area contributed by atoms with Crippen LogP contribution in [-0.2, 0) is 10.0 Å². The van der Waals surface area contributed by atoms with E-state index in [1.54, 1.807) is 0 Å². The molecule has 1 heterocycles. The third-order valence-corrected chi connectivity index (χ3v) is 6.11. The van der Waals surface area contributed by atoms with Gasteiger partial charge in [0.05, 0.1) is 18.1 Å². The van der Waals surface area contributed by atoms with E-state index in [9.17, 15) is 18.5 Å². The number of methoxy groups -OCH3 is 1. The fraction of sp³-hybridized carbons (Fsp3) is 0.600. The summed E-state index contributed by atoms with van der Waals surface area (Å²) in [6.45, 7) is 3.72. The SMILES string of the molecule is CCCN(C1CCNCC1)S(=O)(=O)c1ccc(OC)cc1[N+](=O)[O-].Cl. The molecule has 8 nitrogen and oxygen atoms in total. The first-order chi connectivity index (χ1) is 11.4. The van der Waals surface area contributed by atoms with Gasteiger partial charge in [-0.05, 0) is 44.5 Å². The van der Waals surface area contributed by atoms with E-state index in [-0.39, 0.29) is 29.1 Å². The molecule has 0 saturated carbocycles. The van der Waals surface area contributed by atoms with Crippen molar-refractivity contribution in [1.29, 1.82) is 0 Å². The lowest BCUT2D eigenvalue weighted by atomic mass is 10.1. The largest absolute Gasteiger partial charge is 0.497 e. The van der Waals surface area contributed by atoms with Crippen molar-refractivity contribution in [3.63, 3.8) is 0 Å². The number of nitrogens with one attached hydrogen (secondary N) is 1. The molecule has 142 valence electrons. The third-order valence-electron chi connectivity index (χ3n) is 4.11. The molecule has 1 aliphatic heterocycles. The average Bonchev–Trinajstić information content (AvgIpc) is 2.59. The summed E-state index contributed by atoms with van der Waals surface area (Å²) >= 11 is 0. The Morgan fingerprint density at radius 2 is 2.00 bits per heavy atom. The number of nitro benzene ring substituents is 1. The van der Waals surface area contributed by atoms with Crippen molar-refractivity contribution in [2.75, 3.05) is 26.7 Å². The lowest BCUT2D eigenvalue weighted by molar-refractivity contribution is -0.387. The van der Waals surface area contributed by atoms with Gasteiger partial charge in [-0.3, -0.25) is 10.1 Å². The van der Waals surface area contributed by atoms with Gasteiger partial charge in [0.25, 0.3) is 5.69 Å². The van der Waals surface area contributed by atoms with Gasteiger partial charge in [-0.2, -0.15) is 4.31 Å². The van der Waals surface area contributed by atoms with E-state index in [0.717, 1.165) is 19.2 Å². The molecular formula is C15H24ClN3O5S. The number of nitrogens with zero attached hydrogens (tertiary/aromatic N) is 2. The maximum absolute atomic E-state index is 13.1. The van der Waals surface area contributed by atoms with Crippen LogP contribution in [-0.4, -0.2) is 50.4 Å². The molecule has 2 rings (SSSR count). The van der Waals surface area contributed by atoms with Gasteiger partial charge in [-0.1, -0.05) is 6.92 Å². The third kappa shape index (κ3) is 4.81. The summed E-state index contributed by atoms with van der Waals surface area (Å²) < 4.78 is 32.6. The van der Waals surface area contributed by atoms with Gasteiger partial charge in [-0.25, -0.2) is 8.42 Å². The first-order valence-electron chi connectivity index (χ1n) is 7.96. The zero-order valence-corrected chi connectivity index (χ0v) is 15.9. The molecule has 0 atom stereocenters. The first kappa shape index (κ1) is 21.6. The Labute approximate surface area is 154 Å². The quantitative estimate of drug-likeness (QED) is 0.562. The molecule has 1 saturated heterocycles. The molecule has 1 aliphatic rings. The summed E-state index contributed by atoms with van der Waals surface area (Å²) in [4.78, 5) is 10.4. The highest BCUT2D eigenvalue weighted by Gasteiger charge is 2.36. The summed E-state index contributed by atoms with van der Waals surface area (Å²) in [7, 11) is -2.57. The number of sulfonamides is 1. The predicted molar refractivity (Wildman–Crippen MR) is 97.0 cm³/mol. The van der Waals surface area contributed by atoms with Crippen LogP contribution in [0.1, 0.15) is 26.2 Å². The highest BCUT2D eigenvalue weighted by Crippen LogP contribution is 2.32. The Morgan fingerprint density at radius 1 is 1.36 bits per heavy atom. The first-order valence-corrected chi connectivity index (χ1v) is 9.40. The van der Waals surface area contributed by atoms with Gasteiger partial charge >= 0.3 is 0 Å². The number of nitro groups is 1. The molecule has 0 radical (unpaired) electrons. The Balaban J connectivity index is 0.00000312. The second kappa shape index (κ2) is 9.33. The minimum Gasteiger partial charge on any atom is -0.497 e. The predicted octanol–water partition coefficient (Wildman–Crippen LogP) is 2.18. The van der Waals surface area contributed by atoms with Crippen LogP contribution >= 0.6 is 12.4 Å². The van der Waals surface area contributed by atoms with E-state index in [4.69, 9.17) is 4.74 Å². The van der Waals surface area contributed by atoms with Crippen molar-refractivity contribution in [1.82, 2.24) is 9.62 Å². The van der Waals surface area contributed by atoms with Crippen molar-refractivity contribution in [2.24, 2.45) is 0 Å². The van der Waals surface area contributed by atoms with Crippen LogP contribution in [0.3, 0.4) is 0 Å². The molecule has 1 fully saturated rings. The zero-order chi connectivity index (χ0) is 17.7. The van der Waals surface area contributed by atoms with Crippen molar-refractivity contribution in [3.8, 4) is 5.75 Å². The molecule has 10 heteroatoms. The van der Waals surface area contributed by atoms with Crippen LogP contribution in [0.15, 0.2) is 23.1 Å². The van der Waals surface area contributed by atoms with Crippen molar-refractivity contribution in [2.45, 2.75) is 37.1 Å². The smallest absolute Gasteiger partial charge is 0.293 e. The molecule has 0 bridgehead atoms. The van der Waals surface area contributed by atoms with E-state index >= 15 is 0 Å². The summed E-state index contributed by atoms with van der Waals surface area (Å²) in [5.74, 6) is 0.254. The molecule has 1 aromatic rings. The normalized spacial score (nSPS) is 15.6. The highest BCUT2D eigenvalue weighted by molar-refractivity contribution is 7.89. The number of rotatable bonds is 7. The van der Waals surface area contributed by atoms with Crippen LogP contribution in [0.4, 0.5) is 5.69 Å². The van der Waals surface area contributed by atoms with Crippen molar-refractivity contribution in [3.05, 3.63) is 28.3 Å². The highest BCUT2D eigenvalue weighted by atomic mass is 35.5. The molecule has 0 unspecified atom stereocenters. The molecule has 0 amide bonds. The average molecular weight is 394 g/mol. The van der Waals surface area contributed by atoms with Crippen LogP contribution in [0.2, 0.25) is 0 Å². The van der Waals surface area contributed by atoms with Crippen LogP contribution in [0, 0.1) is 10.1 Å². The number of halogens is 1. The number of hydrogen-bond donors (Lipinski definition) is 1. The van der Waals surface area contributed by atoms with Gasteiger partial charge in [0.15, 0.2) is 4.90 Å².